The summed E-state index contributed by atoms with van der Waals surface area (Å²) < 4.78 is 66.1. The normalized spacial score (nSPS) is 18.5. The van der Waals surface area contributed by atoms with Gasteiger partial charge in [-0.1, -0.05) is 6.07 Å². The van der Waals surface area contributed by atoms with Crippen molar-refractivity contribution in [3.05, 3.63) is 34.9 Å². The van der Waals surface area contributed by atoms with Crippen molar-refractivity contribution in [3.8, 4) is 0 Å². The summed E-state index contributed by atoms with van der Waals surface area (Å²) in [7, 11) is 0. The number of alkyl halides is 3. The Bertz CT molecular complexity index is 509. The maximum atomic E-state index is 14.3. The van der Waals surface area contributed by atoms with Gasteiger partial charge >= 0.3 is 6.18 Å². The van der Waals surface area contributed by atoms with Gasteiger partial charge in [-0.05, 0) is 25.0 Å². The molecule has 1 aliphatic rings. The van der Waals surface area contributed by atoms with Crippen molar-refractivity contribution in [2.24, 2.45) is 0 Å². The molecule has 0 aliphatic carbocycles. The van der Waals surface area contributed by atoms with E-state index < -0.39 is 30.3 Å². The molecule has 1 aromatic carbocycles. The highest BCUT2D eigenvalue weighted by Gasteiger charge is 2.33. The van der Waals surface area contributed by atoms with E-state index in [1.165, 1.54) is 13.0 Å². The number of piperazine rings is 1. The van der Waals surface area contributed by atoms with Gasteiger partial charge in [-0.15, -0.1) is 0 Å². The second-order valence-electron chi connectivity index (χ2n) is 5.55. The zero-order valence-corrected chi connectivity index (χ0v) is 12.3. The fraction of sp³-hybridized carbons (Fsp3) is 0.600. The molecule has 0 saturated carbocycles. The number of hydrogen-bond acceptors (Lipinski definition) is 2. The van der Waals surface area contributed by atoms with Gasteiger partial charge in [0.1, 0.15) is 11.6 Å². The van der Waals surface area contributed by atoms with Crippen molar-refractivity contribution in [3.63, 3.8) is 0 Å². The van der Waals surface area contributed by atoms with Gasteiger partial charge in [0.05, 0.1) is 0 Å². The van der Waals surface area contributed by atoms with Crippen molar-refractivity contribution < 1.29 is 22.0 Å². The SMILES string of the molecule is Cc1ccc(F)c([C@H](CCC(F)(F)F)N2CCNCC2)c1F. The molecule has 124 valence electrons. The molecule has 22 heavy (non-hydrogen) atoms. The van der Waals surface area contributed by atoms with Crippen molar-refractivity contribution in [1.29, 1.82) is 0 Å². The largest absolute Gasteiger partial charge is 0.389 e. The first-order valence-electron chi connectivity index (χ1n) is 7.25. The third-order valence-corrected chi connectivity index (χ3v) is 3.95. The molecule has 0 unspecified atom stereocenters. The van der Waals surface area contributed by atoms with Gasteiger partial charge in [-0.2, -0.15) is 13.2 Å². The van der Waals surface area contributed by atoms with E-state index in [2.05, 4.69) is 5.32 Å². The third-order valence-electron chi connectivity index (χ3n) is 3.95. The standard InChI is InChI=1S/C15H19F5N2/c1-10-2-3-11(16)13(14(10)17)12(4-5-15(18,19)20)22-8-6-21-7-9-22/h2-3,12,21H,4-9H2,1H3/t12-/m0/s1. The molecule has 1 N–H and O–H groups in total. The summed E-state index contributed by atoms with van der Waals surface area (Å²) in [6.07, 6.45) is -5.75. The quantitative estimate of drug-likeness (QED) is 0.853. The molecule has 0 spiro atoms. The van der Waals surface area contributed by atoms with Crippen LogP contribution in [0, 0.1) is 18.6 Å². The lowest BCUT2D eigenvalue weighted by atomic mass is 9.96. The molecule has 7 heteroatoms. The first kappa shape index (κ1) is 17.1. The third kappa shape index (κ3) is 4.16. The Labute approximate surface area is 126 Å². The Morgan fingerprint density at radius 3 is 2.41 bits per heavy atom. The van der Waals surface area contributed by atoms with Crippen LogP contribution in [0.15, 0.2) is 12.1 Å². The minimum atomic E-state index is -4.34. The number of rotatable bonds is 4. The maximum Gasteiger partial charge on any atom is 0.389 e. The smallest absolute Gasteiger partial charge is 0.314 e. The van der Waals surface area contributed by atoms with Crippen LogP contribution in [0.1, 0.15) is 30.0 Å². The molecule has 1 aromatic rings. The molecule has 0 amide bonds. The van der Waals surface area contributed by atoms with Crippen LogP contribution in [0.4, 0.5) is 22.0 Å². The molecular formula is C15H19F5N2. The van der Waals surface area contributed by atoms with Gasteiger partial charge in [-0.25, -0.2) is 8.78 Å². The van der Waals surface area contributed by atoms with Gasteiger partial charge in [-0.3, -0.25) is 4.90 Å². The maximum absolute atomic E-state index is 14.3. The van der Waals surface area contributed by atoms with Crippen molar-refractivity contribution in [1.82, 2.24) is 10.2 Å². The molecule has 0 bridgehead atoms. The fourth-order valence-corrected chi connectivity index (χ4v) is 2.79. The van der Waals surface area contributed by atoms with E-state index >= 15 is 0 Å². The monoisotopic (exact) mass is 322 g/mol. The average Bonchev–Trinajstić information content (AvgIpc) is 2.46. The number of aryl methyl sites for hydroxylation is 1. The molecule has 0 aromatic heterocycles. The van der Waals surface area contributed by atoms with Crippen LogP contribution in [0.2, 0.25) is 0 Å². The summed E-state index contributed by atoms with van der Waals surface area (Å²) >= 11 is 0. The highest BCUT2D eigenvalue weighted by molar-refractivity contribution is 5.29. The van der Waals surface area contributed by atoms with Crippen LogP contribution in [0.5, 0.6) is 0 Å². The van der Waals surface area contributed by atoms with Gasteiger partial charge in [0, 0.05) is 44.2 Å². The zero-order chi connectivity index (χ0) is 16.3. The number of nitrogens with zero attached hydrogens (tertiary/aromatic N) is 1. The van der Waals surface area contributed by atoms with Gasteiger partial charge in [0.2, 0.25) is 0 Å². The van der Waals surface area contributed by atoms with E-state index in [4.69, 9.17) is 0 Å². The van der Waals surface area contributed by atoms with Crippen molar-refractivity contribution >= 4 is 0 Å². The van der Waals surface area contributed by atoms with E-state index in [9.17, 15) is 22.0 Å². The number of halogens is 5. The van der Waals surface area contributed by atoms with E-state index in [0.717, 1.165) is 6.07 Å². The van der Waals surface area contributed by atoms with Gasteiger partial charge in [0.25, 0.3) is 0 Å². The first-order valence-corrected chi connectivity index (χ1v) is 7.25. The van der Waals surface area contributed by atoms with Crippen molar-refractivity contribution in [2.75, 3.05) is 26.2 Å². The highest BCUT2D eigenvalue weighted by Crippen LogP contribution is 2.35. The average molecular weight is 322 g/mol. The lowest BCUT2D eigenvalue weighted by molar-refractivity contribution is -0.138. The lowest BCUT2D eigenvalue weighted by Gasteiger charge is -2.36. The second kappa shape index (κ2) is 6.91. The molecule has 2 nitrogen and oxygen atoms in total. The van der Waals surface area contributed by atoms with Crippen LogP contribution >= 0.6 is 0 Å². The summed E-state index contributed by atoms with van der Waals surface area (Å²) in [5.41, 5.74) is -0.00491. The fourth-order valence-electron chi connectivity index (χ4n) is 2.79. The Morgan fingerprint density at radius 1 is 1.18 bits per heavy atom. The predicted molar refractivity (Wildman–Crippen MR) is 73.6 cm³/mol. The molecule has 0 radical (unpaired) electrons. The summed E-state index contributed by atoms with van der Waals surface area (Å²) in [5, 5.41) is 3.08. The number of nitrogens with one attached hydrogen (secondary N) is 1. The molecule has 1 saturated heterocycles. The number of benzene rings is 1. The lowest BCUT2D eigenvalue weighted by Crippen LogP contribution is -2.45. The van der Waals surface area contributed by atoms with Crippen LogP contribution < -0.4 is 5.32 Å². The van der Waals surface area contributed by atoms with E-state index in [1.54, 1.807) is 4.90 Å². The minimum Gasteiger partial charge on any atom is -0.314 e. The highest BCUT2D eigenvalue weighted by atomic mass is 19.4. The molecule has 1 atom stereocenters. The van der Waals surface area contributed by atoms with Crippen molar-refractivity contribution in [2.45, 2.75) is 32.0 Å². The summed E-state index contributed by atoms with van der Waals surface area (Å²) in [5.74, 6) is -1.53. The Morgan fingerprint density at radius 2 is 1.82 bits per heavy atom. The van der Waals surface area contributed by atoms with Gasteiger partial charge < -0.3 is 5.32 Å². The van der Waals surface area contributed by atoms with Crippen LogP contribution in [-0.4, -0.2) is 37.3 Å². The van der Waals surface area contributed by atoms with Crippen LogP contribution in [0.25, 0.3) is 0 Å². The molecular weight excluding hydrogens is 303 g/mol. The van der Waals surface area contributed by atoms with Gasteiger partial charge in [0.15, 0.2) is 0 Å². The predicted octanol–water partition coefficient (Wildman–Crippen LogP) is 3.56. The zero-order valence-electron chi connectivity index (χ0n) is 12.3. The molecule has 1 fully saturated rings. The van der Waals surface area contributed by atoms with Crippen LogP contribution in [0.3, 0.4) is 0 Å². The Balaban J connectivity index is 2.32. The molecule has 1 heterocycles. The minimum absolute atomic E-state index is 0.239. The number of hydrogen-bond donors (Lipinski definition) is 1. The van der Waals surface area contributed by atoms with E-state index in [-0.39, 0.29) is 17.5 Å². The molecule has 1 aliphatic heterocycles. The topological polar surface area (TPSA) is 15.3 Å². The molecule has 2 rings (SSSR count). The second-order valence-corrected chi connectivity index (χ2v) is 5.55. The van der Waals surface area contributed by atoms with Crippen LogP contribution in [-0.2, 0) is 0 Å². The summed E-state index contributed by atoms with van der Waals surface area (Å²) in [4.78, 5) is 1.73. The summed E-state index contributed by atoms with van der Waals surface area (Å²) in [6, 6.07) is 1.52. The Hall–Kier alpha value is -1.21. The van der Waals surface area contributed by atoms with E-state index in [0.29, 0.717) is 26.2 Å². The first-order chi connectivity index (χ1) is 10.3. The van der Waals surface area contributed by atoms with E-state index in [1.807, 2.05) is 0 Å². The summed E-state index contributed by atoms with van der Waals surface area (Å²) in [6.45, 7) is 3.61. The Kier molecular flexibility index (Phi) is 5.39.